The lowest BCUT2D eigenvalue weighted by atomic mass is 9.98. The molecule has 1 fully saturated rings. The first-order valence-electron chi connectivity index (χ1n) is 7.64. The summed E-state index contributed by atoms with van der Waals surface area (Å²) in [6.07, 6.45) is -2.10. The van der Waals surface area contributed by atoms with Gasteiger partial charge in [-0.25, -0.2) is 0 Å². The highest BCUT2D eigenvalue weighted by Gasteiger charge is 2.48. The van der Waals surface area contributed by atoms with E-state index in [4.69, 9.17) is 0 Å². The zero-order chi connectivity index (χ0) is 16.5. The summed E-state index contributed by atoms with van der Waals surface area (Å²) in [5.41, 5.74) is -0.700. The summed E-state index contributed by atoms with van der Waals surface area (Å²) < 4.78 is 39.1. The van der Waals surface area contributed by atoms with Gasteiger partial charge in [-0.1, -0.05) is 31.5 Å². The highest BCUT2D eigenvalue weighted by atomic mass is 19.4. The molecule has 0 aliphatic heterocycles. The van der Waals surface area contributed by atoms with Crippen molar-refractivity contribution in [3.63, 3.8) is 0 Å². The molecule has 22 heavy (non-hydrogen) atoms. The first kappa shape index (κ1) is 16.8. The van der Waals surface area contributed by atoms with E-state index in [1.165, 1.54) is 12.1 Å². The number of carbonyl (C=O) groups excluding carboxylic acids is 1. The SMILES string of the molecule is CCCC(C)(C)NC(=O)[C@@H]1C[C@H]1c1ccccc1C(F)(F)F. The van der Waals surface area contributed by atoms with Crippen LogP contribution in [0.1, 0.15) is 57.1 Å². The van der Waals surface area contributed by atoms with Gasteiger partial charge in [0, 0.05) is 11.5 Å². The van der Waals surface area contributed by atoms with Crippen LogP contribution in [-0.4, -0.2) is 11.4 Å². The maximum absolute atomic E-state index is 13.0. The highest BCUT2D eigenvalue weighted by molar-refractivity contribution is 5.83. The van der Waals surface area contributed by atoms with Gasteiger partial charge < -0.3 is 5.32 Å². The van der Waals surface area contributed by atoms with Crippen LogP contribution in [0.25, 0.3) is 0 Å². The number of benzene rings is 1. The van der Waals surface area contributed by atoms with Gasteiger partial charge in [0.1, 0.15) is 0 Å². The van der Waals surface area contributed by atoms with Gasteiger partial charge in [0.2, 0.25) is 5.91 Å². The Hall–Kier alpha value is -1.52. The molecule has 1 aliphatic rings. The summed E-state index contributed by atoms with van der Waals surface area (Å²) in [6.45, 7) is 5.91. The molecular formula is C17H22F3NO. The van der Waals surface area contributed by atoms with Gasteiger partial charge >= 0.3 is 6.18 Å². The van der Waals surface area contributed by atoms with Crippen LogP contribution < -0.4 is 5.32 Å². The minimum Gasteiger partial charge on any atom is -0.351 e. The standard InChI is InChI=1S/C17H22F3NO/c1-4-9-16(2,3)21-15(22)13-10-12(13)11-7-5-6-8-14(11)17(18,19)20/h5-8,12-13H,4,9-10H2,1-3H3,(H,21,22)/t12-,13+/m0/s1. The Morgan fingerprint density at radius 3 is 2.50 bits per heavy atom. The van der Waals surface area contributed by atoms with E-state index in [1.54, 1.807) is 6.07 Å². The summed E-state index contributed by atoms with van der Waals surface area (Å²) in [7, 11) is 0. The first-order valence-corrected chi connectivity index (χ1v) is 7.64. The molecule has 2 nitrogen and oxygen atoms in total. The number of amides is 1. The van der Waals surface area contributed by atoms with Gasteiger partial charge in [-0.15, -0.1) is 0 Å². The van der Waals surface area contributed by atoms with Crippen LogP contribution >= 0.6 is 0 Å². The zero-order valence-corrected chi connectivity index (χ0v) is 13.1. The monoisotopic (exact) mass is 313 g/mol. The van der Waals surface area contributed by atoms with Crippen LogP contribution in [0.15, 0.2) is 24.3 Å². The molecule has 122 valence electrons. The van der Waals surface area contributed by atoms with Crippen molar-refractivity contribution in [2.24, 2.45) is 5.92 Å². The van der Waals surface area contributed by atoms with Crippen molar-refractivity contribution in [2.45, 2.75) is 57.7 Å². The first-order chi connectivity index (χ1) is 10.2. The van der Waals surface area contributed by atoms with E-state index in [0.717, 1.165) is 18.9 Å². The third-order valence-corrected chi connectivity index (χ3v) is 4.13. The molecule has 0 saturated heterocycles. The van der Waals surface area contributed by atoms with Gasteiger partial charge in [-0.3, -0.25) is 4.79 Å². The second-order valence-electron chi connectivity index (χ2n) is 6.66. The zero-order valence-electron chi connectivity index (χ0n) is 13.1. The number of nitrogens with one attached hydrogen (secondary N) is 1. The normalized spacial score (nSPS) is 21.5. The third-order valence-electron chi connectivity index (χ3n) is 4.13. The fraction of sp³-hybridized carbons (Fsp3) is 0.588. The van der Waals surface area contributed by atoms with Crippen molar-refractivity contribution in [1.29, 1.82) is 0 Å². The second-order valence-corrected chi connectivity index (χ2v) is 6.66. The van der Waals surface area contributed by atoms with E-state index < -0.39 is 11.7 Å². The summed E-state index contributed by atoms with van der Waals surface area (Å²) in [6, 6.07) is 5.55. The van der Waals surface area contributed by atoms with Crippen molar-refractivity contribution in [3.05, 3.63) is 35.4 Å². The molecule has 1 amide bonds. The Bertz CT molecular complexity index is 551. The van der Waals surface area contributed by atoms with Gasteiger partial charge in [-0.2, -0.15) is 13.2 Å². The second kappa shape index (κ2) is 5.94. The number of hydrogen-bond donors (Lipinski definition) is 1. The quantitative estimate of drug-likeness (QED) is 0.852. The fourth-order valence-corrected chi connectivity index (χ4v) is 3.02. The Morgan fingerprint density at radius 2 is 1.91 bits per heavy atom. The number of carbonyl (C=O) groups is 1. The van der Waals surface area contributed by atoms with Crippen molar-refractivity contribution in [2.75, 3.05) is 0 Å². The average molecular weight is 313 g/mol. The molecule has 1 N–H and O–H groups in total. The van der Waals surface area contributed by atoms with Crippen LogP contribution in [0.5, 0.6) is 0 Å². The Balaban J connectivity index is 2.09. The minimum atomic E-state index is -4.37. The molecule has 1 aliphatic carbocycles. The molecule has 0 spiro atoms. The van der Waals surface area contributed by atoms with E-state index in [2.05, 4.69) is 5.32 Å². The van der Waals surface area contributed by atoms with Crippen molar-refractivity contribution >= 4 is 5.91 Å². The Kier molecular flexibility index (Phi) is 4.54. The smallest absolute Gasteiger partial charge is 0.351 e. The number of alkyl halides is 3. The van der Waals surface area contributed by atoms with Crippen LogP contribution in [0.3, 0.4) is 0 Å². The van der Waals surface area contributed by atoms with E-state index in [9.17, 15) is 18.0 Å². The number of rotatable bonds is 5. The lowest BCUT2D eigenvalue weighted by Crippen LogP contribution is -2.44. The summed E-state index contributed by atoms with van der Waals surface area (Å²) >= 11 is 0. The lowest BCUT2D eigenvalue weighted by molar-refractivity contribution is -0.138. The maximum Gasteiger partial charge on any atom is 0.416 e. The van der Waals surface area contributed by atoms with E-state index in [-0.39, 0.29) is 28.8 Å². The van der Waals surface area contributed by atoms with Crippen LogP contribution in [0, 0.1) is 5.92 Å². The lowest BCUT2D eigenvalue weighted by Gasteiger charge is -2.26. The van der Waals surface area contributed by atoms with Crippen molar-refractivity contribution < 1.29 is 18.0 Å². The van der Waals surface area contributed by atoms with Crippen LogP contribution in [0.4, 0.5) is 13.2 Å². The van der Waals surface area contributed by atoms with Crippen LogP contribution in [0.2, 0.25) is 0 Å². The molecule has 1 aromatic carbocycles. The average Bonchev–Trinajstić information content (AvgIpc) is 3.17. The van der Waals surface area contributed by atoms with Crippen molar-refractivity contribution in [3.8, 4) is 0 Å². The summed E-state index contributed by atoms with van der Waals surface area (Å²) in [5, 5.41) is 2.96. The van der Waals surface area contributed by atoms with E-state index >= 15 is 0 Å². The Morgan fingerprint density at radius 1 is 1.27 bits per heavy atom. The number of hydrogen-bond acceptors (Lipinski definition) is 1. The third kappa shape index (κ3) is 3.81. The van der Waals surface area contributed by atoms with E-state index in [1.807, 2.05) is 20.8 Å². The number of halogens is 3. The van der Waals surface area contributed by atoms with E-state index in [0.29, 0.717) is 6.42 Å². The molecule has 5 heteroatoms. The summed E-state index contributed by atoms with van der Waals surface area (Å²) in [4.78, 5) is 12.2. The van der Waals surface area contributed by atoms with Crippen molar-refractivity contribution in [1.82, 2.24) is 5.32 Å². The van der Waals surface area contributed by atoms with Crippen LogP contribution in [-0.2, 0) is 11.0 Å². The molecule has 1 saturated carbocycles. The van der Waals surface area contributed by atoms with Gasteiger partial charge in [0.25, 0.3) is 0 Å². The maximum atomic E-state index is 13.0. The molecule has 0 bridgehead atoms. The summed E-state index contributed by atoms with van der Waals surface area (Å²) in [5.74, 6) is -0.810. The predicted octanol–water partition coefficient (Wildman–Crippen LogP) is 4.50. The van der Waals surface area contributed by atoms with Gasteiger partial charge in [0.05, 0.1) is 5.56 Å². The molecule has 2 atom stereocenters. The molecule has 0 aromatic heterocycles. The Labute approximate surface area is 129 Å². The predicted molar refractivity (Wildman–Crippen MR) is 79.4 cm³/mol. The minimum absolute atomic E-state index is 0.138. The molecule has 0 unspecified atom stereocenters. The molecule has 2 rings (SSSR count). The molecule has 0 heterocycles. The molecular weight excluding hydrogens is 291 g/mol. The molecule has 1 aromatic rings. The largest absolute Gasteiger partial charge is 0.416 e. The fourth-order valence-electron chi connectivity index (χ4n) is 3.02. The van der Waals surface area contributed by atoms with Gasteiger partial charge in [0.15, 0.2) is 0 Å². The topological polar surface area (TPSA) is 29.1 Å². The molecule has 0 radical (unpaired) electrons. The highest BCUT2D eigenvalue weighted by Crippen LogP contribution is 2.51. The van der Waals surface area contributed by atoms with Gasteiger partial charge in [-0.05, 0) is 44.2 Å².